The molecule has 0 aliphatic rings. The van der Waals surface area contributed by atoms with E-state index in [-0.39, 0.29) is 0 Å². The van der Waals surface area contributed by atoms with E-state index >= 15 is 0 Å². The zero-order valence-corrected chi connectivity index (χ0v) is 7.51. The second-order valence-corrected chi connectivity index (χ2v) is 5.93. The van der Waals surface area contributed by atoms with Gasteiger partial charge < -0.3 is 10.3 Å². The van der Waals surface area contributed by atoms with Crippen LogP contribution in [0.2, 0.25) is 0 Å². The maximum absolute atomic E-state index is 11.5. The van der Waals surface area contributed by atoms with Crippen molar-refractivity contribution in [2.75, 3.05) is 19.1 Å². The van der Waals surface area contributed by atoms with Crippen molar-refractivity contribution in [3.05, 3.63) is 18.2 Å². The van der Waals surface area contributed by atoms with Gasteiger partial charge in [0.15, 0.2) is 0 Å². The summed E-state index contributed by atoms with van der Waals surface area (Å²) in [4.78, 5) is 3.96. The monoisotopic (exact) mass is 170 g/mol. The van der Waals surface area contributed by atoms with Gasteiger partial charge in [0, 0.05) is 0 Å². The van der Waals surface area contributed by atoms with Crippen molar-refractivity contribution >= 4 is 18.4 Å². The Balaban J connectivity index is 3.17. The number of hydrogen-bond donors (Lipinski definition) is 1. The van der Waals surface area contributed by atoms with Crippen LogP contribution < -0.4 is 11.2 Å². The van der Waals surface area contributed by atoms with Crippen LogP contribution in [0, 0.1) is 0 Å². The van der Waals surface area contributed by atoms with Gasteiger partial charge in [-0.2, -0.15) is 0 Å². The van der Waals surface area contributed by atoms with Gasteiger partial charge in [-0.05, 0) is 25.5 Å². The van der Waals surface area contributed by atoms with Crippen LogP contribution in [0.4, 0.5) is 5.82 Å². The molecular weight excluding hydrogens is 159 g/mol. The van der Waals surface area contributed by atoms with E-state index < -0.39 is 7.14 Å². The van der Waals surface area contributed by atoms with Crippen molar-refractivity contribution in [1.82, 2.24) is 4.98 Å². The molecule has 0 aliphatic heterocycles. The molecule has 0 spiro atoms. The highest BCUT2D eigenvalue weighted by molar-refractivity contribution is 7.69. The van der Waals surface area contributed by atoms with Crippen molar-refractivity contribution in [3.8, 4) is 0 Å². The number of nitrogens with two attached hydrogens (primary N) is 1. The van der Waals surface area contributed by atoms with Gasteiger partial charge >= 0.3 is 0 Å². The standard InChI is InChI=1S/C7H11N2OP/c1-11(2,10)7-5-3-4-6(8)9-7/h3-5H,1-2H3,(H2,8,9). The third kappa shape index (κ3) is 2.05. The average molecular weight is 170 g/mol. The number of aromatic nitrogens is 1. The molecule has 3 nitrogen and oxygen atoms in total. The molecule has 1 aromatic heterocycles. The number of anilines is 1. The number of nitrogens with zero attached hydrogens (tertiary/aromatic N) is 1. The summed E-state index contributed by atoms with van der Waals surface area (Å²) in [7, 11) is -2.24. The maximum atomic E-state index is 11.5. The zero-order chi connectivity index (χ0) is 8.48. The summed E-state index contributed by atoms with van der Waals surface area (Å²) in [6, 6.07) is 5.17. The quantitative estimate of drug-likeness (QED) is 0.637. The van der Waals surface area contributed by atoms with Gasteiger partial charge in [0.25, 0.3) is 0 Å². The molecule has 4 heteroatoms. The van der Waals surface area contributed by atoms with Gasteiger partial charge in [0.05, 0.1) is 0 Å². The molecule has 11 heavy (non-hydrogen) atoms. The van der Waals surface area contributed by atoms with Gasteiger partial charge in [-0.25, -0.2) is 4.98 Å². The highest BCUT2D eigenvalue weighted by atomic mass is 31.2. The zero-order valence-electron chi connectivity index (χ0n) is 6.61. The number of pyridine rings is 1. The molecule has 0 unspecified atom stereocenters. The van der Waals surface area contributed by atoms with Gasteiger partial charge in [0.1, 0.15) is 18.4 Å². The summed E-state index contributed by atoms with van der Waals surface area (Å²) < 4.78 is 11.5. The predicted molar refractivity (Wildman–Crippen MR) is 47.7 cm³/mol. The number of nitrogen functional groups attached to an aromatic ring is 1. The summed E-state index contributed by atoms with van der Waals surface area (Å²) in [6.45, 7) is 3.35. The Hall–Kier alpha value is -0.820. The Bertz CT molecular complexity index is 305. The number of hydrogen-bond acceptors (Lipinski definition) is 3. The molecule has 0 bridgehead atoms. The first-order chi connectivity index (χ1) is 5.00. The lowest BCUT2D eigenvalue weighted by Crippen LogP contribution is -2.09. The molecule has 0 amide bonds. The minimum absolute atomic E-state index is 0.423. The summed E-state index contributed by atoms with van der Waals surface area (Å²) in [6.07, 6.45) is 0. The molecule has 0 aromatic carbocycles. The molecular formula is C7H11N2OP. The second-order valence-electron chi connectivity index (χ2n) is 2.77. The van der Waals surface area contributed by atoms with Gasteiger partial charge in [-0.3, -0.25) is 0 Å². The van der Waals surface area contributed by atoms with Crippen LogP contribution in [-0.4, -0.2) is 18.3 Å². The van der Waals surface area contributed by atoms with Crippen LogP contribution in [0.5, 0.6) is 0 Å². The highest BCUT2D eigenvalue weighted by Gasteiger charge is 2.11. The van der Waals surface area contributed by atoms with Crippen LogP contribution in [0.25, 0.3) is 0 Å². The maximum Gasteiger partial charge on any atom is 0.127 e. The van der Waals surface area contributed by atoms with E-state index in [0.29, 0.717) is 11.3 Å². The first-order valence-corrected chi connectivity index (χ1v) is 5.88. The van der Waals surface area contributed by atoms with Crippen molar-refractivity contribution in [2.45, 2.75) is 0 Å². The lowest BCUT2D eigenvalue weighted by atomic mass is 10.5. The van der Waals surface area contributed by atoms with E-state index in [4.69, 9.17) is 5.73 Å². The lowest BCUT2D eigenvalue weighted by molar-refractivity contribution is 0.588. The third-order valence-corrected chi connectivity index (χ3v) is 2.66. The summed E-state index contributed by atoms with van der Waals surface area (Å²) in [5.74, 6) is 0.423. The lowest BCUT2D eigenvalue weighted by Gasteiger charge is -2.04. The van der Waals surface area contributed by atoms with Crippen molar-refractivity contribution in [2.24, 2.45) is 0 Å². The minimum atomic E-state index is -2.24. The largest absolute Gasteiger partial charge is 0.384 e. The molecule has 0 fully saturated rings. The number of rotatable bonds is 1. The normalized spacial score (nSPS) is 11.5. The van der Waals surface area contributed by atoms with Crippen LogP contribution in [0.1, 0.15) is 0 Å². The van der Waals surface area contributed by atoms with Crippen molar-refractivity contribution < 1.29 is 4.57 Å². The molecule has 0 atom stereocenters. The molecule has 2 N–H and O–H groups in total. The highest BCUT2D eigenvalue weighted by Crippen LogP contribution is 2.33. The van der Waals surface area contributed by atoms with E-state index in [9.17, 15) is 4.57 Å². The topological polar surface area (TPSA) is 56.0 Å². The fourth-order valence-corrected chi connectivity index (χ4v) is 1.54. The molecule has 0 saturated carbocycles. The van der Waals surface area contributed by atoms with E-state index in [1.165, 1.54) is 0 Å². The molecule has 1 heterocycles. The fraction of sp³-hybridized carbons (Fsp3) is 0.286. The Morgan fingerprint density at radius 3 is 2.45 bits per heavy atom. The SMILES string of the molecule is CP(C)(=O)c1cccc(N)n1. The van der Waals surface area contributed by atoms with E-state index in [1.807, 2.05) is 0 Å². The van der Waals surface area contributed by atoms with Crippen molar-refractivity contribution in [3.63, 3.8) is 0 Å². The molecule has 1 aromatic rings. The van der Waals surface area contributed by atoms with E-state index in [0.717, 1.165) is 0 Å². The summed E-state index contributed by atoms with van der Waals surface area (Å²) >= 11 is 0. The first kappa shape index (κ1) is 8.28. The Labute approximate surface area is 66.0 Å². The summed E-state index contributed by atoms with van der Waals surface area (Å²) in [5.41, 5.74) is 6.02. The molecule has 1 rings (SSSR count). The average Bonchev–Trinajstić information content (AvgIpc) is 1.86. The fourth-order valence-electron chi connectivity index (χ4n) is 0.739. The van der Waals surface area contributed by atoms with Crippen molar-refractivity contribution in [1.29, 1.82) is 0 Å². The second kappa shape index (κ2) is 2.67. The first-order valence-electron chi connectivity index (χ1n) is 3.28. The van der Waals surface area contributed by atoms with Gasteiger partial charge in [-0.1, -0.05) is 6.07 Å². The van der Waals surface area contributed by atoms with Gasteiger partial charge in [-0.15, -0.1) is 0 Å². The predicted octanol–water partition coefficient (Wildman–Crippen LogP) is 0.912. The Kier molecular flexibility index (Phi) is 2.01. The molecule has 60 valence electrons. The smallest absolute Gasteiger partial charge is 0.127 e. The molecule has 0 radical (unpaired) electrons. The van der Waals surface area contributed by atoms with E-state index in [1.54, 1.807) is 31.5 Å². The molecule has 0 saturated heterocycles. The Morgan fingerprint density at radius 1 is 1.45 bits per heavy atom. The summed E-state index contributed by atoms with van der Waals surface area (Å²) in [5, 5.41) is 0. The van der Waals surface area contributed by atoms with E-state index in [2.05, 4.69) is 4.98 Å². The van der Waals surface area contributed by atoms with Crippen LogP contribution in [0.15, 0.2) is 18.2 Å². The minimum Gasteiger partial charge on any atom is -0.384 e. The van der Waals surface area contributed by atoms with Gasteiger partial charge in [0.2, 0.25) is 0 Å². The van der Waals surface area contributed by atoms with Crippen LogP contribution >= 0.6 is 7.14 Å². The molecule has 0 aliphatic carbocycles. The van der Waals surface area contributed by atoms with Crippen LogP contribution in [0.3, 0.4) is 0 Å². The van der Waals surface area contributed by atoms with Crippen LogP contribution in [-0.2, 0) is 4.57 Å². The third-order valence-electron chi connectivity index (χ3n) is 1.31. The Morgan fingerprint density at radius 2 is 2.09 bits per heavy atom.